The number of ether oxygens (including phenoxy) is 2. The Balaban J connectivity index is 1.69. The first-order valence-corrected chi connectivity index (χ1v) is 11.1. The Labute approximate surface area is 162 Å². The lowest BCUT2D eigenvalue weighted by Crippen LogP contribution is -2.45. The fourth-order valence-electron chi connectivity index (χ4n) is 2.67. The van der Waals surface area contributed by atoms with Crippen LogP contribution in [0.2, 0.25) is 0 Å². The minimum atomic E-state index is -3.71. The summed E-state index contributed by atoms with van der Waals surface area (Å²) in [6.45, 7) is 0.0588. The van der Waals surface area contributed by atoms with Crippen LogP contribution in [0.4, 0.5) is 0 Å². The van der Waals surface area contributed by atoms with E-state index in [0.29, 0.717) is 5.56 Å². The number of esters is 1. The van der Waals surface area contributed by atoms with Gasteiger partial charge in [0.05, 0.1) is 18.4 Å². The minimum Gasteiger partial charge on any atom is -0.453 e. The molecular weight excluding hydrogens is 388 g/mol. The van der Waals surface area contributed by atoms with Crippen LogP contribution in [-0.4, -0.2) is 44.9 Å². The quantitative estimate of drug-likeness (QED) is 0.537. The zero-order valence-electron chi connectivity index (χ0n) is 14.7. The number of carbonyl (C=O) groups is 1. The molecule has 27 heavy (non-hydrogen) atoms. The van der Waals surface area contributed by atoms with Gasteiger partial charge in [-0.3, -0.25) is 4.18 Å². The van der Waals surface area contributed by atoms with Gasteiger partial charge in [0.1, 0.15) is 11.5 Å². The van der Waals surface area contributed by atoms with Crippen LogP contribution >= 0.6 is 11.8 Å². The Morgan fingerprint density at radius 2 is 1.67 bits per heavy atom. The van der Waals surface area contributed by atoms with Gasteiger partial charge in [0, 0.05) is 11.3 Å². The van der Waals surface area contributed by atoms with Crippen molar-refractivity contribution in [3.63, 3.8) is 0 Å². The minimum absolute atomic E-state index is 0.0588. The molecule has 1 heterocycles. The van der Waals surface area contributed by atoms with E-state index in [1.807, 2.05) is 30.3 Å². The molecule has 3 atom stereocenters. The number of hydrogen-bond donors (Lipinski definition) is 0. The van der Waals surface area contributed by atoms with Crippen LogP contribution < -0.4 is 0 Å². The van der Waals surface area contributed by atoms with Crippen LogP contribution in [0.5, 0.6) is 0 Å². The van der Waals surface area contributed by atoms with Crippen LogP contribution in [0, 0.1) is 0 Å². The predicted octanol–water partition coefficient (Wildman–Crippen LogP) is 3.10. The van der Waals surface area contributed by atoms with Gasteiger partial charge < -0.3 is 9.47 Å². The standard InChI is InChI=1S/C19H20O6S2/c1-27(21,22)25-16-12-18(26-15-10-6-3-7-11-15)23-13-17(16)24-19(20)14-8-4-2-5-9-14/h2-11,16-18H,12-13H2,1H3/t16-,17+,18-/m1/s1. The molecule has 144 valence electrons. The van der Waals surface area contributed by atoms with E-state index in [1.54, 1.807) is 30.3 Å². The second-order valence-corrected chi connectivity index (χ2v) is 8.91. The molecule has 2 aromatic rings. The molecule has 2 aromatic carbocycles. The zero-order chi connectivity index (χ0) is 19.3. The van der Waals surface area contributed by atoms with E-state index < -0.39 is 28.3 Å². The van der Waals surface area contributed by atoms with Crippen molar-refractivity contribution in [1.29, 1.82) is 0 Å². The highest BCUT2D eigenvalue weighted by Gasteiger charge is 2.37. The highest BCUT2D eigenvalue weighted by Crippen LogP contribution is 2.33. The van der Waals surface area contributed by atoms with Gasteiger partial charge in [-0.1, -0.05) is 48.2 Å². The van der Waals surface area contributed by atoms with Crippen LogP contribution in [0.3, 0.4) is 0 Å². The summed E-state index contributed by atoms with van der Waals surface area (Å²) in [5.41, 5.74) is 0.0854. The molecule has 1 saturated heterocycles. The molecule has 0 bridgehead atoms. The van der Waals surface area contributed by atoms with E-state index >= 15 is 0 Å². The maximum absolute atomic E-state index is 12.3. The monoisotopic (exact) mass is 408 g/mol. The molecule has 3 rings (SSSR count). The summed E-state index contributed by atoms with van der Waals surface area (Å²) in [6.07, 6.45) is -0.347. The smallest absolute Gasteiger partial charge is 0.338 e. The summed E-state index contributed by atoms with van der Waals surface area (Å²) in [7, 11) is -3.71. The largest absolute Gasteiger partial charge is 0.453 e. The van der Waals surface area contributed by atoms with Gasteiger partial charge in [0.15, 0.2) is 6.10 Å². The second-order valence-electron chi connectivity index (χ2n) is 6.08. The van der Waals surface area contributed by atoms with Crippen molar-refractivity contribution in [2.75, 3.05) is 12.9 Å². The third-order valence-electron chi connectivity index (χ3n) is 3.86. The molecule has 0 unspecified atom stereocenters. The van der Waals surface area contributed by atoms with Crippen LogP contribution in [0.1, 0.15) is 16.8 Å². The first-order chi connectivity index (χ1) is 12.9. The summed E-state index contributed by atoms with van der Waals surface area (Å²) in [6, 6.07) is 18.2. The lowest BCUT2D eigenvalue weighted by Gasteiger charge is -2.34. The number of carbonyl (C=O) groups excluding carboxylic acids is 1. The van der Waals surface area contributed by atoms with Crippen LogP contribution in [0.15, 0.2) is 65.6 Å². The normalized spacial score (nSPS) is 22.9. The molecule has 0 N–H and O–H groups in total. The molecule has 6 nitrogen and oxygen atoms in total. The van der Waals surface area contributed by atoms with Gasteiger partial charge in [0.2, 0.25) is 0 Å². The van der Waals surface area contributed by atoms with Gasteiger partial charge >= 0.3 is 5.97 Å². The molecule has 8 heteroatoms. The number of rotatable bonds is 6. The van der Waals surface area contributed by atoms with Crippen molar-refractivity contribution < 1.29 is 26.9 Å². The molecule has 0 aliphatic carbocycles. The Kier molecular flexibility index (Phi) is 6.54. The second kappa shape index (κ2) is 8.88. The fraction of sp³-hybridized carbons (Fsp3) is 0.316. The van der Waals surface area contributed by atoms with Gasteiger partial charge in [-0.25, -0.2) is 4.79 Å². The van der Waals surface area contributed by atoms with Crippen molar-refractivity contribution in [2.45, 2.75) is 29.0 Å². The van der Waals surface area contributed by atoms with Crippen molar-refractivity contribution in [3.05, 3.63) is 66.2 Å². The topological polar surface area (TPSA) is 78.9 Å². The third-order valence-corrected chi connectivity index (χ3v) is 5.60. The molecule has 0 aromatic heterocycles. The first-order valence-electron chi connectivity index (χ1n) is 8.38. The Morgan fingerprint density at radius 1 is 1.04 bits per heavy atom. The highest BCUT2D eigenvalue weighted by atomic mass is 32.2. The average molecular weight is 408 g/mol. The van der Waals surface area contributed by atoms with Gasteiger partial charge in [-0.05, 0) is 24.3 Å². The van der Waals surface area contributed by atoms with Crippen LogP contribution in [0.25, 0.3) is 0 Å². The maximum atomic E-state index is 12.3. The summed E-state index contributed by atoms with van der Waals surface area (Å²) >= 11 is 1.47. The van der Waals surface area contributed by atoms with E-state index in [2.05, 4.69) is 0 Å². The zero-order valence-corrected chi connectivity index (χ0v) is 16.3. The molecule has 0 spiro atoms. The van der Waals surface area contributed by atoms with E-state index in [-0.39, 0.29) is 18.5 Å². The van der Waals surface area contributed by atoms with Crippen molar-refractivity contribution in [1.82, 2.24) is 0 Å². The fourth-order valence-corrected chi connectivity index (χ4v) is 4.37. The molecule has 1 fully saturated rings. The molecule has 0 amide bonds. The Bertz CT molecular complexity index is 854. The average Bonchev–Trinajstić information content (AvgIpc) is 2.64. The Hall–Kier alpha value is -1.87. The number of benzene rings is 2. The summed E-state index contributed by atoms with van der Waals surface area (Å²) in [5.74, 6) is -0.541. The maximum Gasteiger partial charge on any atom is 0.338 e. The van der Waals surface area contributed by atoms with Gasteiger partial charge in [-0.2, -0.15) is 8.42 Å². The summed E-state index contributed by atoms with van der Waals surface area (Å²) in [4.78, 5) is 13.3. The third kappa shape index (κ3) is 6.07. The molecule has 0 radical (unpaired) electrons. The van der Waals surface area contributed by atoms with Crippen molar-refractivity contribution in [3.8, 4) is 0 Å². The van der Waals surface area contributed by atoms with E-state index in [0.717, 1.165) is 11.2 Å². The van der Waals surface area contributed by atoms with E-state index in [1.165, 1.54) is 11.8 Å². The highest BCUT2D eigenvalue weighted by molar-refractivity contribution is 7.99. The van der Waals surface area contributed by atoms with Gasteiger partial charge in [-0.15, -0.1) is 0 Å². The van der Waals surface area contributed by atoms with Crippen molar-refractivity contribution in [2.24, 2.45) is 0 Å². The van der Waals surface area contributed by atoms with Crippen LogP contribution in [-0.2, 0) is 23.8 Å². The van der Waals surface area contributed by atoms with Gasteiger partial charge in [0.25, 0.3) is 10.1 Å². The first kappa shape index (κ1) is 19.9. The number of hydrogen-bond acceptors (Lipinski definition) is 7. The Morgan fingerprint density at radius 3 is 2.30 bits per heavy atom. The molecule has 0 saturated carbocycles. The molecular formula is C19H20O6S2. The molecule has 1 aliphatic rings. The predicted molar refractivity (Wildman–Crippen MR) is 102 cm³/mol. The SMILES string of the molecule is CS(=O)(=O)O[C@@H]1C[C@@H](Sc2ccccc2)OC[C@@H]1OC(=O)c1ccccc1. The van der Waals surface area contributed by atoms with E-state index in [9.17, 15) is 13.2 Å². The number of thioether (sulfide) groups is 1. The molecule has 1 aliphatic heterocycles. The van der Waals surface area contributed by atoms with Crippen molar-refractivity contribution >= 4 is 27.8 Å². The summed E-state index contributed by atoms with van der Waals surface area (Å²) in [5, 5.41) is 0. The lowest BCUT2D eigenvalue weighted by molar-refractivity contribution is -0.0928. The summed E-state index contributed by atoms with van der Waals surface area (Å²) < 4.78 is 39.8. The lowest BCUT2D eigenvalue weighted by atomic mass is 10.1. The van der Waals surface area contributed by atoms with E-state index in [4.69, 9.17) is 13.7 Å².